The average Bonchev–Trinajstić information content (AvgIpc) is 2.83. The van der Waals surface area contributed by atoms with Crippen molar-refractivity contribution in [2.24, 2.45) is 0 Å². The maximum absolute atomic E-state index is 13.6. The summed E-state index contributed by atoms with van der Waals surface area (Å²) in [4.78, 5) is 18.4. The highest BCUT2D eigenvalue weighted by molar-refractivity contribution is 7.16. The van der Waals surface area contributed by atoms with Crippen LogP contribution in [0.2, 0.25) is 4.34 Å². The number of halogens is 2. The Bertz CT molecular complexity index is 629. The van der Waals surface area contributed by atoms with Crippen molar-refractivity contribution >= 4 is 28.8 Å². The molecular formula is C14H12ClFN2OS. The Morgan fingerprint density at radius 2 is 2.30 bits per heavy atom. The Hall–Kier alpha value is -1.72. The number of carbonyl (C=O) groups excluding carboxylic acids is 1. The van der Waals surface area contributed by atoms with Crippen molar-refractivity contribution in [2.45, 2.75) is 6.54 Å². The SMILES string of the molecule is C=CCN(Cc1ccc(Cl)s1)C(=O)c1ccncc1F. The van der Waals surface area contributed by atoms with E-state index in [1.807, 2.05) is 6.07 Å². The van der Waals surface area contributed by atoms with E-state index < -0.39 is 11.7 Å². The van der Waals surface area contributed by atoms with E-state index in [0.717, 1.165) is 11.1 Å². The molecule has 0 saturated carbocycles. The van der Waals surface area contributed by atoms with Gasteiger partial charge in [0.05, 0.1) is 22.6 Å². The van der Waals surface area contributed by atoms with Crippen LogP contribution in [0.15, 0.2) is 43.2 Å². The van der Waals surface area contributed by atoms with Gasteiger partial charge < -0.3 is 4.90 Å². The summed E-state index contributed by atoms with van der Waals surface area (Å²) in [5, 5.41) is 0. The van der Waals surface area contributed by atoms with Crippen molar-refractivity contribution < 1.29 is 9.18 Å². The summed E-state index contributed by atoms with van der Waals surface area (Å²) in [5.41, 5.74) is 0.00417. The zero-order valence-corrected chi connectivity index (χ0v) is 12.1. The number of aromatic nitrogens is 1. The van der Waals surface area contributed by atoms with E-state index in [1.165, 1.54) is 28.5 Å². The van der Waals surface area contributed by atoms with Crippen LogP contribution in [0.4, 0.5) is 4.39 Å². The lowest BCUT2D eigenvalue weighted by Gasteiger charge is -2.20. The van der Waals surface area contributed by atoms with Gasteiger partial charge in [0.1, 0.15) is 0 Å². The smallest absolute Gasteiger partial charge is 0.257 e. The average molecular weight is 311 g/mol. The minimum atomic E-state index is -0.629. The number of nitrogens with zero attached hydrogens (tertiary/aromatic N) is 2. The number of amides is 1. The van der Waals surface area contributed by atoms with Gasteiger partial charge in [0.2, 0.25) is 0 Å². The minimum Gasteiger partial charge on any atom is -0.330 e. The number of rotatable bonds is 5. The summed E-state index contributed by atoms with van der Waals surface area (Å²) >= 11 is 7.26. The van der Waals surface area contributed by atoms with E-state index >= 15 is 0 Å². The summed E-state index contributed by atoms with van der Waals surface area (Å²) in [5.74, 6) is -1.02. The van der Waals surface area contributed by atoms with Crippen LogP contribution >= 0.6 is 22.9 Å². The molecule has 0 atom stereocenters. The fourth-order valence-electron chi connectivity index (χ4n) is 1.72. The Kier molecular flexibility index (Phi) is 4.87. The van der Waals surface area contributed by atoms with Gasteiger partial charge in [-0.3, -0.25) is 9.78 Å². The largest absolute Gasteiger partial charge is 0.330 e. The molecule has 0 aliphatic carbocycles. The first-order valence-corrected chi connectivity index (χ1v) is 7.05. The second-order valence-corrected chi connectivity index (χ2v) is 5.84. The highest BCUT2D eigenvalue weighted by Crippen LogP contribution is 2.23. The van der Waals surface area contributed by atoms with E-state index in [0.29, 0.717) is 17.4 Å². The Morgan fingerprint density at radius 3 is 2.90 bits per heavy atom. The fourth-order valence-corrected chi connectivity index (χ4v) is 2.82. The second kappa shape index (κ2) is 6.63. The van der Waals surface area contributed by atoms with Gasteiger partial charge in [0.15, 0.2) is 5.82 Å². The van der Waals surface area contributed by atoms with E-state index in [1.54, 1.807) is 12.1 Å². The van der Waals surface area contributed by atoms with Gasteiger partial charge >= 0.3 is 0 Å². The van der Waals surface area contributed by atoms with Crippen LogP contribution in [-0.4, -0.2) is 22.3 Å². The summed E-state index contributed by atoms with van der Waals surface area (Å²) in [6.07, 6.45) is 4.03. The van der Waals surface area contributed by atoms with Gasteiger partial charge in [-0.1, -0.05) is 17.7 Å². The lowest BCUT2D eigenvalue weighted by Crippen LogP contribution is -2.31. The zero-order chi connectivity index (χ0) is 14.5. The summed E-state index contributed by atoms with van der Waals surface area (Å²) in [7, 11) is 0. The molecular weight excluding hydrogens is 299 g/mol. The predicted molar refractivity (Wildman–Crippen MR) is 78.5 cm³/mol. The molecule has 3 nitrogen and oxygen atoms in total. The van der Waals surface area contributed by atoms with Crippen LogP contribution < -0.4 is 0 Å². The molecule has 0 aromatic carbocycles. The first kappa shape index (κ1) is 14.7. The van der Waals surface area contributed by atoms with Crippen LogP contribution in [0.25, 0.3) is 0 Å². The van der Waals surface area contributed by atoms with E-state index in [2.05, 4.69) is 11.6 Å². The van der Waals surface area contributed by atoms with Crippen molar-refractivity contribution in [3.63, 3.8) is 0 Å². The van der Waals surface area contributed by atoms with Crippen molar-refractivity contribution in [1.29, 1.82) is 0 Å². The molecule has 0 N–H and O–H groups in total. The monoisotopic (exact) mass is 310 g/mol. The Morgan fingerprint density at radius 1 is 1.50 bits per heavy atom. The molecule has 2 aromatic heterocycles. The predicted octanol–water partition coefficient (Wildman–Crippen LogP) is 3.76. The molecule has 0 fully saturated rings. The van der Waals surface area contributed by atoms with Gasteiger partial charge in [0.25, 0.3) is 5.91 Å². The van der Waals surface area contributed by atoms with Crippen LogP contribution in [0, 0.1) is 5.82 Å². The first-order valence-electron chi connectivity index (χ1n) is 5.85. The Balaban J connectivity index is 2.22. The third-order valence-corrected chi connectivity index (χ3v) is 3.83. The number of thiophene rings is 1. The van der Waals surface area contributed by atoms with Gasteiger partial charge in [0, 0.05) is 17.6 Å². The normalized spacial score (nSPS) is 10.3. The lowest BCUT2D eigenvalue weighted by molar-refractivity contribution is 0.0759. The van der Waals surface area contributed by atoms with Crippen molar-refractivity contribution in [3.8, 4) is 0 Å². The molecule has 0 saturated heterocycles. The van der Waals surface area contributed by atoms with Crippen LogP contribution in [0.1, 0.15) is 15.2 Å². The second-order valence-electron chi connectivity index (χ2n) is 4.04. The van der Waals surface area contributed by atoms with Crippen molar-refractivity contribution in [3.05, 3.63) is 63.8 Å². The molecule has 2 rings (SSSR count). The van der Waals surface area contributed by atoms with Gasteiger partial charge in [-0.25, -0.2) is 4.39 Å². The van der Waals surface area contributed by atoms with Gasteiger partial charge in [-0.2, -0.15) is 0 Å². The zero-order valence-electron chi connectivity index (χ0n) is 10.6. The molecule has 0 bridgehead atoms. The molecule has 0 spiro atoms. The van der Waals surface area contributed by atoms with Gasteiger partial charge in [-0.15, -0.1) is 17.9 Å². The number of carbonyl (C=O) groups is 1. The molecule has 1 amide bonds. The molecule has 6 heteroatoms. The lowest BCUT2D eigenvalue weighted by atomic mass is 10.2. The fraction of sp³-hybridized carbons (Fsp3) is 0.143. The van der Waals surface area contributed by atoms with Crippen LogP contribution in [-0.2, 0) is 6.54 Å². The molecule has 0 unspecified atom stereocenters. The summed E-state index contributed by atoms with van der Waals surface area (Å²) < 4.78 is 14.3. The third-order valence-electron chi connectivity index (χ3n) is 2.62. The van der Waals surface area contributed by atoms with Crippen LogP contribution in [0.3, 0.4) is 0 Å². The highest BCUT2D eigenvalue weighted by Gasteiger charge is 2.19. The number of hydrogen-bond acceptors (Lipinski definition) is 3. The third kappa shape index (κ3) is 3.43. The Labute approximate surface area is 125 Å². The van der Waals surface area contributed by atoms with E-state index in [-0.39, 0.29) is 5.56 Å². The first-order chi connectivity index (χ1) is 9.61. The van der Waals surface area contributed by atoms with Crippen molar-refractivity contribution in [2.75, 3.05) is 6.54 Å². The standard InChI is InChI=1S/C14H12ClFN2OS/c1-2-7-18(9-10-3-4-13(15)20-10)14(19)11-5-6-17-8-12(11)16/h2-6,8H,1,7,9H2. The quantitative estimate of drug-likeness (QED) is 0.788. The topological polar surface area (TPSA) is 33.2 Å². The summed E-state index contributed by atoms with van der Waals surface area (Å²) in [6, 6.07) is 4.99. The maximum atomic E-state index is 13.6. The molecule has 20 heavy (non-hydrogen) atoms. The number of hydrogen-bond donors (Lipinski definition) is 0. The maximum Gasteiger partial charge on any atom is 0.257 e. The number of pyridine rings is 1. The summed E-state index contributed by atoms with van der Waals surface area (Å²) in [6.45, 7) is 4.32. The molecule has 0 aliphatic heterocycles. The van der Waals surface area contributed by atoms with Crippen molar-refractivity contribution in [1.82, 2.24) is 9.88 Å². The van der Waals surface area contributed by atoms with E-state index in [4.69, 9.17) is 11.6 Å². The molecule has 104 valence electrons. The van der Waals surface area contributed by atoms with E-state index in [9.17, 15) is 9.18 Å². The molecule has 2 aromatic rings. The minimum absolute atomic E-state index is 0.00417. The molecule has 0 radical (unpaired) electrons. The van der Waals surface area contributed by atoms with Crippen LogP contribution in [0.5, 0.6) is 0 Å². The molecule has 0 aliphatic rings. The molecule has 2 heterocycles. The van der Waals surface area contributed by atoms with Gasteiger partial charge in [-0.05, 0) is 18.2 Å². The highest BCUT2D eigenvalue weighted by atomic mass is 35.5.